The molecule has 0 saturated heterocycles. The number of carbonyl (C=O) groups is 1. The summed E-state index contributed by atoms with van der Waals surface area (Å²) < 4.78 is 43.2. The zero-order valence-electron chi connectivity index (χ0n) is 13.9. The summed E-state index contributed by atoms with van der Waals surface area (Å²) in [6.45, 7) is 1.96. The van der Waals surface area contributed by atoms with Gasteiger partial charge in [0.05, 0.1) is 18.7 Å². The number of alkyl halides is 3. The summed E-state index contributed by atoms with van der Waals surface area (Å²) >= 11 is 0. The second-order valence-electron chi connectivity index (χ2n) is 6.19. The average Bonchev–Trinajstić information content (AvgIpc) is 2.52. The van der Waals surface area contributed by atoms with Crippen LogP contribution in [-0.2, 0) is 11.3 Å². The molecule has 4 nitrogen and oxygen atoms in total. The normalized spacial score (nSPS) is 21.4. The van der Waals surface area contributed by atoms with E-state index in [9.17, 15) is 18.0 Å². The van der Waals surface area contributed by atoms with Crippen LogP contribution in [0.2, 0.25) is 0 Å². The molecule has 7 heteroatoms. The minimum absolute atomic E-state index is 0.0925. The largest absolute Gasteiger partial charge is 0.495 e. The third kappa shape index (κ3) is 5.12. The van der Waals surface area contributed by atoms with Crippen molar-refractivity contribution in [2.75, 3.05) is 12.4 Å². The number of amides is 1. The van der Waals surface area contributed by atoms with Crippen molar-refractivity contribution in [1.29, 1.82) is 0 Å². The van der Waals surface area contributed by atoms with Gasteiger partial charge in [-0.25, -0.2) is 0 Å². The van der Waals surface area contributed by atoms with E-state index >= 15 is 0 Å². The monoisotopic (exact) mass is 344 g/mol. The van der Waals surface area contributed by atoms with Crippen molar-refractivity contribution in [3.63, 3.8) is 0 Å². The second kappa shape index (κ2) is 7.88. The lowest BCUT2D eigenvalue weighted by atomic mass is 9.85. The zero-order valence-corrected chi connectivity index (χ0v) is 13.9. The van der Waals surface area contributed by atoms with Gasteiger partial charge in [-0.3, -0.25) is 4.79 Å². The van der Waals surface area contributed by atoms with Gasteiger partial charge < -0.3 is 15.4 Å². The van der Waals surface area contributed by atoms with E-state index in [1.807, 2.05) is 12.1 Å². The van der Waals surface area contributed by atoms with E-state index in [-0.39, 0.29) is 24.8 Å². The van der Waals surface area contributed by atoms with Crippen LogP contribution in [0.4, 0.5) is 18.9 Å². The highest BCUT2D eigenvalue weighted by molar-refractivity contribution is 5.90. The van der Waals surface area contributed by atoms with Crippen molar-refractivity contribution in [3.05, 3.63) is 23.8 Å². The molecule has 2 rings (SSSR count). The third-order valence-electron chi connectivity index (χ3n) is 4.36. The number of methoxy groups -OCH3 is 1. The number of hydrogen-bond acceptors (Lipinski definition) is 3. The molecular weight excluding hydrogens is 321 g/mol. The standard InChI is InChI=1S/C17H23F3N2O2/c1-11(23)22-15-9-12(3-8-16(15)24-2)10-21-14-6-4-13(5-7-14)17(18,19)20/h3,8-9,13-14,21H,4-7,10H2,1-2H3,(H,22,23). The van der Waals surface area contributed by atoms with Crippen LogP contribution in [0.1, 0.15) is 38.2 Å². The molecule has 1 aliphatic carbocycles. The summed E-state index contributed by atoms with van der Waals surface area (Å²) in [6, 6.07) is 5.55. The van der Waals surface area contributed by atoms with Gasteiger partial charge in [0, 0.05) is 19.5 Å². The number of ether oxygens (including phenoxy) is 1. The maximum absolute atomic E-state index is 12.7. The summed E-state index contributed by atoms with van der Waals surface area (Å²) in [5, 5.41) is 6.02. The van der Waals surface area contributed by atoms with E-state index in [0.29, 0.717) is 30.8 Å². The van der Waals surface area contributed by atoms with Gasteiger partial charge in [-0.05, 0) is 43.4 Å². The molecule has 0 bridgehead atoms. The molecule has 0 heterocycles. The van der Waals surface area contributed by atoms with Crippen molar-refractivity contribution in [1.82, 2.24) is 5.32 Å². The fourth-order valence-corrected chi connectivity index (χ4v) is 3.04. The summed E-state index contributed by atoms with van der Waals surface area (Å²) in [7, 11) is 1.53. The van der Waals surface area contributed by atoms with Crippen LogP contribution in [0.25, 0.3) is 0 Å². The van der Waals surface area contributed by atoms with Gasteiger partial charge in [-0.1, -0.05) is 6.07 Å². The second-order valence-corrected chi connectivity index (χ2v) is 6.19. The minimum atomic E-state index is -4.08. The first-order chi connectivity index (χ1) is 11.3. The Labute approximate surface area is 139 Å². The van der Waals surface area contributed by atoms with Crippen molar-refractivity contribution in [2.45, 2.75) is 51.4 Å². The lowest BCUT2D eigenvalue weighted by Crippen LogP contribution is -2.36. The molecule has 0 aliphatic heterocycles. The highest BCUT2D eigenvalue weighted by atomic mass is 19.4. The Bertz CT molecular complexity index is 567. The van der Waals surface area contributed by atoms with Crippen molar-refractivity contribution < 1.29 is 22.7 Å². The molecule has 0 atom stereocenters. The van der Waals surface area contributed by atoms with Crippen LogP contribution >= 0.6 is 0 Å². The van der Waals surface area contributed by atoms with Gasteiger partial charge in [0.1, 0.15) is 5.75 Å². The predicted octanol–water partition coefficient (Wildman–Crippen LogP) is 3.86. The number of rotatable bonds is 5. The number of hydrogen-bond donors (Lipinski definition) is 2. The van der Waals surface area contributed by atoms with Crippen molar-refractivity contribution >= 4 is 11.6 Å². The van der Waals surface area contributed by atoms with Gasteiger partial charge in [0.15, 0.2) is 0 Å². The quantitative estimate of drug-likeness (QED) is 0.853. The van der Waals surface area contributed by atoms with Gasteiger partial charge in [-0.2, -0.15) is 13.2 Å². The van der Waals surface area contributed by atoms with Crippen LogP contribution in [0.3, 0.4) is 0 Å². The topological polar surface area (TPSA) is 50.4 Å². The Morgan fingerprint density at radius 1 is 1.25 bits per heavy atom. The Morgan fingerprint density at radius 3 is 2.46 bits per heavy atom. The smallest absolute Gasteiger partial charge is 0.391 e. The van der Waals surface area contributed by atoms with E-state index in [1.54, 1.807) is 6.07 Å². The molecule has 0 radical (unpaired) electrons. The maximum Gasteiger partial charge on any atom is 0.391 e. The fourth-order valence-electron chi connectivity index (χ4n) is 3.04. The molecule has 24 heavy (non-hydrogen) atoms. The first kappa shape index (κ1) is 18.6. The van der Waals surface area contributed by atoms with E-state index < -0.39 is 12.1 Å². The van der Waals surface area contributed by atoms with Crippen LogP contribution < -0.4 is 15.4 Å². The van der Waals surface area contributed by atoms with Crippen LogP contribution in [0.5, 0.6) is 5.75 Å². The molecule has 1 saturated carbocycles. The molecule has 1 aromatic rings. The SMILES string of the molecule is COc1ccc(CNC2CCC(C(F)(F)F)CC2)cc1NC(C)=O. The molecule has 1 aromatic carbocycles. The fraction of sp³-hybridized carbons (Fsp3) is 0.588. The molecule has 0 spiro atoms. The van der Waals surface area contributed by atoms with Crippen LogP contribution in [0.15, 0.2) is 18.2 Å². The number of halogens is 3. The Hall–Kier alpha value is -1.76. The highest BCUT2D eigenvalue weighted by Gasteiger charge is 2.41. The number of nitrogens with one attached hydrogen (secondary N) is 2. The summed E-state index contributed by atoms with van der Waals surface area (Å²) in [4.78, 5) is 11.2. The molecule has 1 aliphatic rings. The lowest BCUT2D eigenvalue weighted by Gasteiger charge is -2.30. The first-order valence-electron chi connectivity index (χ1n) is 8.04. The lowest BCUT2D eigenvalue weighted by molar-refractivity contribution is -0.182. The summed E-state index contributed by atoms with van der Waals surface area (Å²) in [6.07, 6.45) is -2.66. The number of carbonyl (C=O) groups excluding carboxylic acids is 1. The van der Waals surface area contributed by atoms with Crippen LogP contribution in [-0.4, -0.2) is 25.2 Å². The summed E-state index contributed by atoms with van der Waals surface area (Å²) in [5.41, 5.74) is 1.53. The molecule has 1 fully saturated rings. The Morgan fingerprint density at radius 2 is 1.92 bits per heavy atom. The Balaban J connectivity index is 1.90. The molecule has 2 N–H and O–H groups in total. The summed E-state index contributed by atoms with van der Waals surface area (Å²) in [5.74, 6) is -0.786. The molecule has 134 valence electrons. The molecule has 1 amide bonds. The van der Waals surface area contributed by atoms with Crippen molar-refractivity contribution in [2.24, 2.45) is 5.92 Å². The molecule has 0 aromatic heterocycles. The van der Waals surface area contributed by atoms with E-state index in [4.69, 9.17) is 4.74 Å². The van der Waals surface area contributed by atoms with Gasteiger partial charge in [0.25, 0.3) is 0 Å². The van der Waals surface area contributed by atoms with Gasteiger partial charge in [-0.15, -0.1) is 0 Å². The number of anilines is 1. The highest BCUT2D eigenvalue weighted by Crippen LogP contribution is 2.37. The third-order valence-corrected chi connectivity index (χ3v) is 4.36. The van der Waals surface area contributed by atoms with E-state index in [0.717, 1.165) is 5.56 Å². The predicted molar refractivity (Wildman–Crippen MR) is 85.9 cm³/mol. The molecule has 0 unspecified atom stereocenters. The first-order valence-corrected chi connectivity index (χ1v) is 8.04. The van der Waals surface area contributed by atoms with E-state index in [1.165, 1.54) is 14.0 Å². The Kier molecular flexibility index (Phi) is 6.10. The van der Waals surface area contributed by atoms with Gasteiger partial charge >= 0.3 is 6.18 Å². The van der Waals surface area contributed by atoms with Crippen LogP contribution in [0, 0.1) is 5.92 Å². The van der Waals surface area contributed by atoms with Gasteiger partial charge in [0.2, 0.25) is 5.91 Å². The molecular formula is C17H23F3N2O2. The number of benzene rings is 1. The minimum Gasteiger partial charge on any atom is -0.495 e. The maximum atomic E-state index is 12.7. The van der Waals surface area contributed by atoms with E-state index in [2.05, 4.69) is 10.6 Å². The van der Waals surface area contributed by atoms with Crippen molar-refractivity contribution in [3.8, 4) is 5.75 Å². The average molecular weight is 344 g/mol. The zero-order chi connectivity index (χ0) is 17.7.